The largest absolute Gasteiger partial charge is 0.481 e. The van der Waals surface area contributed by atoms with Gasteiger partial charge in [0.05, 0.1) is 5.92 Å². The predicted octanol–water partition coefficient (Wildman–Crippen LogP) is 2.00. The van der Waals surface area contributed by atoms with Crippen LogP contribution in [0.1, 0.15) is 18.4 Å². The van der Waals surface area contributed by atoms with Crippen molar-refractivity contribution >= 4 is 5.97 Å². The van der Waals surface area contributed by atoms with Gasteiger partial charge in [0, 0.05) is 38.3 Å². The number of nitrogens with zero attached hydrogens (tertiary/aromatic N) is 1. The second-order valence-corrected chi connectivity index (χ2v) is 6.02. The molecule has 2 aliphatic heterocycles. The highest BCUT2D eigenvalue weighted by molar-refractivity contribution is 5.72. The fourth-order valence-corrected chi connectivity index (χ4v) is 3.66. The summed E-state index contributed by atoms with van der Waals surface area (Å²) in [5.74, 6) is -0.905. The van der Waals surface area contributed by atoms with Crippen molar-refractivity contribution < 1.29 is 14.6 Å². The van der Waals surface area contributed by atoms with Gasteiger partial charge in [-0.05, 0) is 18.4 Å². The third kappa shape index (κ3) is 2.58. The Hall–Kier alpha value is -1.39. The Morgan fingerprint density at radius 3 is 2.65 bits per heavy atom. The van der Waals surface area contributed by atoms with Gasteiger partial charge in [0.2, 0.25) is 0 Å². The molecule has 0 aromatic heterocycles. The van der Waals surface area contributed by atoms with E-state index in [1.165, 1.54) is 5.56 Å². The molecule has 1 spiro atoms. The smallest absolute Gasteiger partial charge is 0.308 e. The molecule has 1 aromatic rings. The molecule has 1 aromatic carbocycles. The van der Waals surface area contributed by atoms with E-state index in [1.54, 1.807) is 0 Å². The number of carboxylic acid groups (broad SMARTS) is 1. The Labute approximate surface area is 119 Å². The van der Waals surface area contributed by atoms with E-state index in [0.29, 0.717) is 19.8 Å². The number of hydrogen-bond acceptors (Lipinski definition) is 3. The summed E-state index contributed by atoms with van der Waals surface area (Å²) in [6.07, 6.45) is 1.74. The van der Waals surface area contributed by atoms with Gasteiger partial charge in [0.1, 0.15) is 0 Å². The lowest BCUT2D eigenvalue weighted by molar-refractivity contribution is -0.146. The predicted molar refractivity (Wildman–Crippen MR) is 75.3 cm³/mol. The van der Waals surface area contributed by atoms with Gasteiger partial charge < -0.3 is 9.84 Å². The number of likely N-dealkylation sites (tertiary alicyclic amines) is 1. The van der Waals surface area contributed by atoms with Crippen LogP contribution in [0, 0.1) is 11.3 Å². The zero-order valence-corrected chi connectivity index (χ0v) is 11.6. The molecule has 2 fully saturated rings. The lowest BCUT2D eigenvalue weighted by Crippen LogP contribution is -2.40. The van der Waals surface area contributed by atoms with Crippen LogP contribution in [0.2, 0.25) is 0 Å². The summed E-state index contributed by atoms with van der Waals surface area (Å²) >= 11 is 0. The summed E-state index contributed by atoms with van der Waals surface area (Å²) in [4.78, 5) is 13.9. The zero-order valence-electron chi connectivity index (χ0n) is 11.6. The van der Waals surface area contributed by atoms with Gasteiger partial charge in [-0.2, -0.15) is 0 Å². The maximum absolute atomic E-state index is 11.6. The van der Waals surface area contributed by atoms with Crippen LogP contribution in [0.4, 0.5) is 0 Å². The summed E-state index contributed by atoms with van der Waals surface area (Å²) < 4.78 is 5.43. The second kappa shape index (κ2) is 5.54. The molecule has 0 radical (unpaired) electrons. The molecule has 4 heteroatoms. The quantitative estimate of drug-likeness (QED) is 0.916. The van der Waals surface area contributed by atoms with Crippen molar-refractivity contribution in [3.05, 3.63) is 35.9 Å². The van der Waals surface area contributed by atoms with Crippen LogP contribution in [0.15, 0.2) is 30.3 Å². The Balaban J connectivity index is 1.74. The number of ether oxygens (including phenoxy) is 1. The Kier molecular flexibility index (Phi) is 3.76. The van der Waals surface area contributed by atoms with Gasteiger partial charge in [0.25, 0.3) is 0 Å². The van der Waals surface area contributed by atoms with Gasteiger partial charge in [-0.3, -0.25) is 9.69 Å². The first kappa shape index (κ1) is 13.6. The normalized spacial score (nSPS) is 25.9. The molecule has 20 heavy (non-hydrogen) atoms. The summed E-state index contributed by atoms with van der Waals surface area (Å²) in [7, 11) is 0. The van der Waals surface area contributed by atoms with Gasteiger partial charge in [0.15, 0.2) is 0 Å². The van der Waals surface area contributed by atoms with Crippen molar-refractivity contribution in [1.82, 2.24) is 4.90 Å². The van der Waals surface area contributed by atoms with Gasteiger partial charge in [-0.25, -0.2) is 0 Å². The van der Waals surface area contributed by atoms with Crippen LogP contribution in [0.5, 0.6) is 0 Å². The molecule has 2 heterocycles. The summed E-state index contributed by atoms with van der Waals surface area (Å²) in [5.41, 5.74) is 1.17. The Morgan fingerprint density at radius 2 is 2.00 bits per heavy atom. The average molecular weight is 275 g/mol. The fourth-order valence-electron chi connectivity index (χ4n) is 3.66. The van der Waals surface area contributed by atoms with E-state index in [-0.39, 0.29) is 11.3 Å². The SMILES string of the molecule is O=C(O)[C@@H]1CN(Cc2ccccc2)CC12CCOCC2. The van der Waals surface area contributed by atoms with Crippen LogP contribution < -0.4 is 0 Å². The molecular formula is C16H21NO3. The minimum absolute atomic E-state index is 0.0845. The van der Waals surface area contributed by atoms with E-state index >= 15 is 0 Å². The standard InChI is InChI=1S/C16H21NO3/c18-15(19)14-11-17(10-13-4-2-1-3-5-13)12-16(14)6-8-20-9-7-16/h1-5,14H,6-12H2,(H,18,19)/t14-/m0/s1. The van der Waals surface area contributed by atoms with E-state index in [9.17, 15) is 9.90 Å². The molecule has 0 aliphatic carbocycles. The molecule has 0 amide bonds. The highest BCUT2D eigenvalue weighted by atomic mass is 16.5. The van der Waals surface area contributed by atoms with Crippen LogP contribution in [0.25, 0.3) is 0 Å². The van der Waals surface area contributed by atoms with Gasteiger partial charge in [-0.15, -0.1) is 0 Å². The van der Waals surface area contributed by atoms with Crippen molar-refractivity contribution in [3.8, 4) is 0 Å². The number of rotatable bonds is 3. The fraction of sp³-hybridized carbons (Fsp3) is 0.562. The first-order valence-corrected chi connectivity index (χ1v) is 7.26. The first-order chi connectivity index (χ1) is 9.70. The maximum atomic E-state index is 11.6. The maximum Gasteiger partial charge on any atom is 0.308 e. The lowest BCUT2D eigenvalue weighted by Gasteiger charge is -2.36. The van der Waals surface area contributed by atoms with Gasteiger partial charge >= 0.3 is 5.97 Å². The Bertz CT molecular complexity index is 468. The molecule has 0 bridgehead atoms. The summed E-state index contributed by atoms with van der Waals surface area (Å²) in [6.45, 7) is 3.77. The molecule has 2 saturated heterocycles. The highest BCUT2D eigenvalue weighted by Crippen LogP contribution is 2.44. The molecular weight excluding hydrogens is 254 g/mol. The lowest BCUT2D eigenvalue weighted by atomic mass is 9.72. The molecule has 0 unspecified atom stereocenters. The number of aliphatic carboxylic acids is 1. The monoisotopic (exact) mass is 275 g/mol. The Morgan fingerprint density at radius 1 is 1.30 bits per heavy atom. The number of carbonyl (C=O) groups is 1. The average Bonchev–Trinajstić information content (AvgIpc) is 2.79. The van der Waals surface area contributed by atoms with Crippen molar-refractivity contribution in [3.63, 3.8) is 0 Å². The summed E-state index contributed by atoms with van der Waals surface area (Å²) in [6, 6.07) is 10.3. The number of carboxylic acids is 1. The van der Waals surface area contributed by atoms with E-state index in [2.05, 4.69) is 17.0 Å². The second-order valence-electron chi connectivity index (χ2n) is 6.02. The van der Waals surface area contributed by atoms with Crippen molar-refractivity contribution in [2.75, 3.05) is 26.3 Å². The van der Waals surface area contributed by atoms with E-state index in [4.69, 9.17) is 4.74 Å². The zero-order chi connectivity index (χ0) is 14.0. The minimum Gasteiger partial charge on any atom is -0.481 e. The molecule has 3 rings (SSSR count). The van der Waals surface area contributed by atoms with Crippen LogP contribution >= 0.6 is 0 Å². The number of hydrogen-bond donors (Lipinski definition) is 1. The molecule has 1 atom stereocenters. The van der Waals surface area contributed by atoms with E-state index in [0.717, 1.165) is 25.9 Å². The minimum atomic E-state index is -0.650. The highest BCUT2D eigenvalue weighted by Gasteiger charge is 2.50. The third-order valence-corrected chi connectivity index (χ3v) is 4.75. The third-order valence-electron chi connectivity index (χ3n) is 4.75. The van der Waals surface area contributed by atoms with E-state index < -0.39 is 5.97 Å². The van der Waals surface area contributed by atoms with E-state index in [1.807, 2.05) is 18.2 Å². The van der Waals surface area contributed by atoms with Gasteiger partial charge in [-0.1, -0.05) is 30.3 Å². The molecule has 4 nitrogen and oxygen atoms in total. The molecule has 0 saturated carbocycles. The molecule has 108 valence electrons. The van der Waals surface area contributed by atoms with Crippen molar-refractivity contribution in [2.45, 2.75) is 19.4 Å². The molecule has 2 aliphatic rings. The summed E-state index contributed by atoms with van der Waals surface area (Å²) in [5, 5.41) is 9.55. The number of benzene rings is 1. The first-order valence-electron chi connectivity index (χ1n) is 7.26. The topological polar surface area (TPSA) is 49.8 Å². The van der Waals surface area contributed by atoms with Crippen molar-refractivity contribution in [1.29, 1.82) is 0 Å². The van der Waals surface area contributed by atoms with Crippen LogP contribution in [-0.4, -0.2) is 42.3 Å². The van der Waals surface area contributed by atoms with Crippen LogP contribution in [0.3, 0.4) is 0 Å². The van der Waals surface area contributed by atoms with Crippen molar-refractivity contribution in [2.24, 2.45) is 11.3 Å². The molecule has 1 N–H and O–H groups in total. The van der Waals surface area contributed by atoms with Crippen LogP contribution in [-0.2, 0) is 16.1 Å².